The van der Waals surface area contributed by atoms with E-state index in [4.69, 9.17) is 0 Å². The summed E-state index contributed by atoms with van der Waals surface area (Å²) in [6.07, 6.45) is 11.7. The van der Waals surface area contributed by atoms with Gasteiger partial charge < -0.3 is 9.47 Å². The van der Waals surface area contributed by atoms with Gasteiger partial charge in [0.1, 0.15) is 12.4 Å². The third kappa shape index (κ3) is 4.10. The van der Waals surface area contributed by atoms with E-state index >= 15 is 0 Å². The van der Waals surface area contributed by atoms with Crippen molar-refractivity contribution in [3.8, 4) is 11.4 Å². The maximum absolute atomic E-state index is 13.1. The van der Waals surface area contributed by atoms with Crippen LogP contribution in [0.5, 0.6) is 0 Å². The minimum atomic E-state index is 0.176. The fourth-order valence-electron chi connectivity index (χ4n) is 3.86. The summed E-state index contributed by atoms with van der Waals surface area (Å²) < 4.78 is 3.90. The van der Waals surface area contributed by atoms with Gasteiger partial charge in [-0.25, -0.2) is 4.98 Å². The van der Waals surface area contributed by atoms with Gasteiger partial charge in [0.25, 0.3) is 0 Å². The lowest BCUT2D eigenvalue weighted by atomic mass is 9.99. The molecule has 0 N–H and O–H groups in total. The van der Waals surface area contributed by atoms with E-state index in [1.807, 2.05) is 58.0 Å². The molecule has 6 nitrogen and oxygen atoms in total. The predicted octanol–water partition coefficient (Wildman–Crippen LogP) is 3.22. The van der Waals surface area contributed by atoms with Crippen LogP contribution in [-0.2, 0) is 17.9 Å². The molecule has 4 rings (SSSR count). The summed E-state index contributed by atoms with van der Waals surface area (Å²) in [6.45, 7) is 2.03. The fraction of sp³-hybridized carbons (Fsp3) is 0.381. The van der Waals surface area contributed by atoms with Crippen LogP contribution in [0.4, 0.5) is 0 Å². The van der Waals surface area contributed by atoms with Crippen molar-refractivity contribution >= 4 is 5.91 Å². The molecule has 0 spiro atoms. The van der Waals surface area contributed by atoms with E-state index in [9.17, 15) is 4.79 Å². The molecule has 3 aromatic rings. The third-order valence-electron chi connectivity index (χ3n) is 5.25. The molecule has 1 aliphatic heterocycles. The number of amides is 1. The quantitative estimate of drug-likeness (QED) is 0.676. The van der Waals surface area contributed by atoms with Crippen molar-refractivity contribution in [2.24, 2.45) is 0 Å². The highest BCUT2D eigenvalue weighted by molar-refractivity contribution is 5.77. The fourth-order valence-corrected chi connectivity index (χ4v) is 3.86. The zero-order valence-electron chi connectivity index (χ0n) is 15.4. The normalized spacial score (nSPS) is 17.2. The van der Waals surface area contributed by atoms with Crippen molar-refractivity contribution < 1.29 is 4.79 Å². The summed E-state index contributed by atoms with van der Waals surface area (Å²) in [4.78, 5) is 19.6. The molecule has 0 bridgehead atoms. The summed E-state index contributed by atoms with van der Waals surface area (Å²) in [7, 11) is 0. The highest BCUT2D eigenvalue weighted by atomic mass is 16.2. The molecule has 2 aromatic heterocycles. The number of likely N-dealkylation sites (tertiary alicyclic amines) is 1. The van der Waals surface area contributed by atoms with Crippen molar-refractivity contribution in [2.45, 2.75) is 44.8 Å². The van der Waals surface area contributed by atoms with Crippen LogP contribution >= 0.6 is 0 Å². The number of imidazole rings is 1. The van der Waals surface area contributed by atoms with Gasteiger partial charge in [-0.15, -0.1) is 0 Å². The van der Waals surface area contributed by atoms with Crippen LogP contribution < -0.4 is 0 Å². The number of hydrogen-bond acceptors (Lipinski definition) is 3. The van der Waals surface area contributed by atoms with Crippen molar-refractivity contribution in [2.75, 3.05) is 6.54 Å². The molecular formula is C21H25N5O. The van der Waals surface area contributed by atoms with Gasteiger partial charge in [0.05, 0.1) is 0 Å². The van der Waals surface area contributed by atoms with E-state index in [1.54, 1.807) is 12.4 Å². The second kappa shape index (κ2) is 8.20. The molecule has 0 aliphatic carbocycles. The average Bonchev–Trinajstić information content (AvgIpc) is 3.39. The molecule has 140 valence electrons. The van der Waals surface area contributed by atoms with Gasteiger partial charge in [-0.2, -0.15) is 5.10 Å². The van der Waals surface area contributed by atoms with Crippen LogP contribution in [0.1, 0.15) is 25.7 Å². The van der Waals surface area contributed by atoms with Crippen molar-refractivity contribution in [3.05, 3.63) is 61.2 Å². The number of carbonyl (C=O) groups excluding carboxylic acids is 1. The lowest BCUT2D eigenvalue weighted by molar-refractivity contribution is -0.135. The van der Waals surface area contributed by atoms with Gasteiger partial charge in [-0.05, 0) is 31.7 Å². The zero-order chi connectivity index (χ0) is 18.5. The molecule has 1 amide bonds. The first kappa shape index (κ1) is 17.5. The van der Waals surface area contributed by atoms with Crippen LogP contribution in [0.25, 0.3) is 11.4 Å². The number of rotatable bonds is 6. The molecule has 0 saturated carbocycles. The van der Waals surface area contributed by atoms with E-state index < -0.39 is 0 Å². The molecule has 1 fully saturated rings. The number of aromatic nitrogens is 4. The molecule has 3 heterocycles. The number of hydrogen-bond donors (Lipinski definition) is 0. The van der Waals surface area contributed by atoms with Crippen molar-refractivity contribution in [3.63, 3.8) is 0 Å². The summed E-state index contributed by atoms with van der Waals surface area (Å²) in [5, 5.41) is 4.28. The smallest absolute Gasteiger partial charge is 0.242 e. The number of carbonyl (C=O) groups is 1. The second-order valence-electron chi connectivity index (χ2n) is 7.04. The van der Waals surface area contributed by atoms with Crippen LogP contribution in [-0.4, -0.2) is 42.7 Å². The number of benzene rings is 1. The van der Waals surface area contributed by atoms with E-state index in [-0.39, 0.29) is 5.91 Å². The number of piperidine rings is 1. The maximum atomic E-state index is 13.1. The van der Waals surface area contributed by atoms with E-state index in [1.165, 1.54) is 6.42 Å². The van der Waals surface area contributed by atoms with Crippen LogP contribution in [0.3, 0.4) is 0 Å². The lowest BCUT2D eigenvalue weighted by Gasteiger charge is -2.36. The Labute approximate surface area is 159 Å². The Bertz CT molecular complexity index is 856. The molecule has 27 heavy (non-hydrogen) atoms. The first-order valence-corrected chi connectivity index (χ1v) is 9.65. The Morgan fingerprint density at radius 3 is 2.78 bits per heavy atom. The molecule has 0 radical (unpaired) electrons. The van der Waals surface area contributed by atoms with Gasteiger partial charge in [0, 0.05) is 49.5 Å². The zero-order valence-corrected chi connectivity index (χ0v) is 15.4. The van der Waals surface area contributed by atoms with Gasteiger partial charge in [0.15, 0.2) is 0 Å². The van der Waals surface area contributed by atoms with E-state index in [0.29, 0.717) is 12.6 Å². The first-order valence-electron chi connectivity index (χ1n) is 9.65. The predicted molar refractivity (Wildman–Crippen MR) is 104 cm³/mol. The number of aryl methyl sites for hydroxylation is 1. The minimum absolute atomic E-state index is 0.176. The monoisotopic (exact) mass is 363 g/mol. The van der Waals surface area contributed by atoms with Crippen LogP contribution in [0.2, 0.25) is 0 Å². The summed E-state index contributed by atoms with van der Waals surface area (Å²) in [5.74, 6) is 1.02. The molecular weight excluding hydrogens is 338 g/mol. The maximum Gasteiger partial charge on any atom is 0.242 e. The van der Waals surface area contributed by atoms with Crippen LogP contribution in [0, 0.1) is 0 Å². The Hall–Kier alpha value is -2.89. The standard InChI is InChI=1S/C21H25N5O/c27-20(17-24-16-12-22-21(24)18-7-2-1-3-8-18)26-14-5-4-9-19(26)10-15-25-13-6-11-23-25/h1-3,6-8,11-13,16,19H,4-5,9-10,14-15,17H2. The summed E-state index contributed by atoms with van der Waals surface area (Å²) >= 11 is 0. The molecule has 1 unspecified atom stereocenters. The topological polar surface area (TPSA) is 56.0 Å². The second-order valence-corrected chi connectivity index (χ2v) is 7.04. The van der Waals surface area contributed by atoms with Crippen molar-refractivity contribution in [1.29, 1.82) is 0 Å². The van der Waals surface area contributed by atoms with Gasteiger partial charge in [0.2, 0.25) is 5.91 Å². The molecule has 1 saturated heterocycles. The van der Waals surface area contributed by atoms with Gasteiger partial charge >= 0.3 is 0 Å². The Morgan fingerprint density at radius 2 is 1.96 bits per heavy atom. The minimum Gasteiger partial charge on any atom is -0.338 e. The van der Waals surface area contributed by atoms with Crippen molar-refractivity contribution in [1.82, 2.24) is 24.2 Å². The van der Waals surface area contributed by atoms with Gasteiger partial charge in [-0.3, -0.25) is 9.48 Å². The highest BCUT2D eigenvalue weighted by Crippen LogP contribution is 2.22. The molecule has 1 atom stereocenters. The Kier molecular flexibility index (Phi) is 5.32. The highest BCUT2D eigenvalue weighted by Gasteiger charge is 2.27. The van der Waals surface area contributed by atoms with E-state index in [0.717, 1.165) is 43.7 Å². The number of nitrogens with zero attached hydrogens (tertiary/aromatic N) is 5. The SMILES string of the molecule is O=C(Cn1ccnc1-c1ccccc1)N1CCCCC1CCn1cccn1. The third-order valence-corrected chi connectivity index (χ3v) is 5.25. The summed E-state index contributed by atoms with van der Waals surface area (Å²) in [6, 6.07) is 12.2. The largest absolute Gasteiger partial charge is 0.338 e. The Balaban J connectivity index is 1.44. The Morgan fingerprint density at radius 1 is 1.07 bits per heavy atom. The average molecular weight is 363 g/mol. The lowest BCUT2D eigenvalue weighted by Crippen LogP contribution is -2.45. The van der Waals surface area contributed by atoms with Crippen LogP contribution in [0.15, 0.2) is 61.2 Å². The van der Waals surface area contributed by atoms with E-state index in [2.05, 4.69) is 15.0 Å². The summed E-state index contributed by atoms with van der Waals surface area (Å²) in [5.41, 5.74) is 1.03. The molecule has 1 aromatic carbocycles. The first-order chi connectivity index (χ1) is 13.3. The molecule has 1 aliphatic rings. The van der Waals surface area contributed by atoms with Gasteiger partial charge in [-0.1, -0.05) is 30.3 Å². The molecule has 6 heteroatoms.